The lowest BCUT2D eigenvalue weighted by Crippen LogP contribution is -2.52. The maximum absolute atomic E-state index is 12.9. The highest BCUT2D eigenvalue weighted by atomic mass is 16.5. The van der Waals surface area contributed by atoms with Crippen molar-refractivity contribution in [3.8, 4) is 0 Å². The summed E-state index contributed by atoms with van der Waals surface area (Å²) in [5.41, 5.74) is 1.86. The molecule has 1 amide bonds. The zero-order chi connectivity index (χ0) is 17.9. The molecule has 1 aliphatic heterocycles. The highest BCUT2D eigenvalue weighted by molar-refractivity contribution is 5.96. The number of hydrogen-bond acceptors (Lipinski definition) is 5. The van der Waals surface area contributed by atoms with Gasteiger partial charge in [-0.1, -0.05) is 6.42 Å². The summed E-state index contributed by atoms with van der Waals surface area (Å²) in [5.74, 6) is 1.96. The molecule has 138 valence electrons. The number of aromatic amines is 1. The van der Waals surface area contributed by atoms with Crippen molar-refractivity contribution in [2.45, 2.75) is 50.6 Å². The van der Waals surface area contributed by atoms with Crippen molar-refractivity contribution in [2.75, 3.05) is 18.5 Å². The van der Waals surface area contributed by atoms with Crippen LogP contribution in [0, 0.1) is 6.92 Å². The number of rotatable bonds is 5. The van der Waals surface area contributed by atoms with Crippen LogP contribution in [0.25, 0.3) is 0 Å². The van der Waals surface area contributed by atoms with Gasteiger partial charge in [-0.05, 0) is 44.2 Å². The van der Waals surface area contributed by atoms with Crippen LogP contribution in [0.4, 0.5) is 5.82 Å². The largest absolute Gasteiger partial charge is 0.379 e. The third-order valence-electron chi connectivity index (χ3n) is 5.32. The monoisotopic (exact) mass is 355 g/mol. The van der Waals surface area contributed by atoms with Crippen LogP contribution >= 0.6 is 0 Å². The molecule has 1 saturated heterocycles. The molecule has 1 aliphatic carbocycles. The van der Waals surface area contributed by atoms with Gasteiger partial charge in [-0.2, -0.15) is 0 Å². The molecule has 1 saturated carbocycles. The minimum Gasteiger partial charge on any atom is -0.379 e. The Bertz CT molecular complexity index is 771. The summed E-state index contributed by atoms with van der Waals surface area (Å²) in [5, 5.41) is 6.59. The average Bonchev–Trinajstić information content (AvgIpc) is 3.04. The van der Waals surface area contributed by atoms with E-state index < -0.39 is 0 Å². The fraction of sp³-hybridized carbons (Fsp3) is 0.526. The molecule has 26 heavy (non-hydrogen) atoms. The number of ether oxygens (including phenoxy) is 1. The van der Waals surface area contributed by atoms with Crippen LogP contribution in [0.5, 0.6) is 0 Å². The van der Waals surface area contributed by atoms with Crippen molar-refractivity contribution in [3.05, 3.63) is 41.6 Å². The molecule has 7 heteroatoms. The van der Waals surface area contributed by atoms with Crippen molar-refractivity contribution in [1.82, 2.24) is 20.3 Å². The molecule has 3 N–H and O–H groups in total. The molecular weight excluding hydrogens is 330 g/mol. The second-order valence-electron chi connectivity index (χ2n) is 7.12. The predicted octanol–water partition coefficient (Wildman–Crippen LogP) is 2.38. The fourth-order valence-electron chi connectivity index (χ4n) is 3.64. The quantitative estimate of drug-likeness (QED) is 0.766. The minimum atomic E-state index is -0.0203. The first-order valence-corrected chi connectivity index (χ1v) is 9.33. The molecule has 7 nitrogen and oxygen atoms in total. The maximum Gasteiger partial charge on any atom is 0.253 e. The Labute approximate surface area is 153 Å². The van der Waals surface area contributed by atoms with Crippen LogP contribution in [-0.2, 0) is 4.74 Å². The molecule has 2 aromatic rings. The number of carbonyl (C=O) groups excluding carboxylic acids is 1. The molecular formula is C19H25N5O2. The van der Waals surface area contributed by atoms with E-state index >= 15 is 0 Å². The van der Waals surface area contributed by atoms with E-state index in [1.54, 1.807) is 6.20 Å². The number of anilines is 1. The summed E-state index contributed by atoms with van der Waals surface area (Å²) in [6.45, 7) is 3.04. The summed E-state index contributed by atoms with van der Waals surface area (Å²) in [4.78, 5) is 24.6. The van der Waals surface area contributed by atoms with E-state index in [1.165, 1.54) is 6.42 Å². The molecule has 0 aromatic carbocycles. The van der Waals surface area contributed by atoms with Crippen LogP contribution in [0.1, 0.15) is 53.5 Å². The number of aromatic nitrogens is 3. The number of carbonyl (C=O) groups is 1. The SMILES string of the molecule is Cc1nccc(N[C@@H]2COCC[C@@H]2NC(=O)c2cc[nH]c2C2CCC2)n1. The topological polar surface area (TPSA) is 91.9 Å². The van der Waals surface area contributed by atoms with Crippen molar-refractivity contribution >= 4 is 11.7 Å². The molecule has 2 aliphatic rings. The molecule has 0 radical (unpaired) electrons. The first-order chi connectivity index (χ1) is 12.7. The number of aryl methyl sites for hydroxylation is 1. The molecule has 0 unspecified atom stereocenters. The summed E-state index contributed by atoms with van der Waals surface area (Å²) in [6, 6.07) is 3.70. The first kappa shape index (κ1) is 17.0. The lowest BCUT2D eigenvalue weighted by atomic mass is 9.81. The van der Waals surface area contributed by atoms with E-state index in [0.717, 1.165) is 36.3 Å². The zero-order valence-electron chi connectivity index (χ0n) is 15.0. The Hall–Kier alpha value is -2.41. The van der Waals surface area contributed by atoms with Crippen molar-refractivity contribution in [1.29, 1.82) is 0 Å². The Morgan fingerprint density at radius 1 is 1.27 bits per heavy atom. The van der Waals surface area contributed by atoms with Gasteiger partial charge in [0.05, 0.1) is 24.3 Å². The highest BCUT2D eigenvalue weighted by Gasteiger charge is 2.30. The van der Waals surface area contributed by atoms with Gasteiger partial charge in [-0.3, -0.25) is 4.79 Å². The van der Waals surface area contributed by atoms with Gasteiger partial charge < -0.3 is 20.4 Å². The maximum atomic E-state index is 12.9. The number of nitrogens with zero attached hydrogens (tertiary/aromatic N) is 2. The molecule has 3 heterocycles. The van der Waals surface area contributed by atoms with E-state index in [9.17, 15) is 4.79 Å². The third-order valence-corrected chi connectivity index (χ3v) is 5.32. The Kier molecular flexibility index (Phi) is 4.88. The first-order valence-electron chi connectivity index (χ1n) is 9.33. The van der Waals surface area contributed by atoms with Gasteiger partial charge >= 0.3 is 0 Å². The Morgan fingerprint density at radius 3 is 2.92 bits per heavy atom. The predicted molar refractivity (Wildman–Crippen MR) is 98.3 cm³/mol. The summed E-state index contributed by atoms with van der Waals surface area (Å²) >= 11 is 0. The number of hydrogen-bond donors (Lipinski definition) is 3. The van der Waals surface area contributed by atoms with Crippen LogP contribution in [0.2, 0.25) is 0 Å². The minimum absolute atomic E-state index is 0.00402. The Balaban J connectivity index is 1.45. The van der Waals surface area contributed by atoms with Gasteiger partial charge in [-0.25, -0.2) is 9.97 Å². The second kappa shape index (κ2) is 7.45. The standard InChI is InChI=1S/C19H25N5O2/c1-12-20-9-6-17(22-12)23-16-11-26-10-7-15(16)24-19(25)14-5-8-21-18(14)13-3-2-4-13/h5-6,8-9,13,15-16,21H,2-4,7,10-11H2,1H3,(H,24,25)(H,20,22,23)/t15-,16+/m0/s1. The molecule has 0 bridgehead atoms. The van der Waals surface area contributed by atoms with E-state index in [4.69, 9.17) is 4.74 Å². The lowest BCUT2D eigenvalue weighted by molar-refractivity contribution is 0.0619. The zero-order valence-corrected chi connectivity index (χ0v) is 15.0. The van der Waals surface area contributed by atoms with Gasteiger partial charge in [0.15, 0.2) is 0 Å². The van der Waals surface area contributed by atoms with E-state index in [-0.39, 0.29) is 18.0 Å². The summed E-state index contributed by atoms with van der Waals surface area (Å²) in [7, 11) is 0. The van der Waals surface area contributed by atoms with E-state index in [1.807, 2.05) is 25.3 Å². The lowest BCUT2D eigenvalue weighted by Gasteiger charge is -2.33. The van der Waals surface area contributed by atoms with Crippen LogP contribution in [0.15, 0.2) is 24.5 Å². The third kappa shape index (κ3) is 3.58. The van der Waals surface area contributed by atoms with Gasteiger partial charge in [0, 0.05) is 24.7 Å². The van der Waals surface area contributed by atoms with Crippen LogP contribution < -0.4 is 10.6 Å². The van der Waals surface area contributed by atoms with Gasteiger partial charge in [0.25, 0.3) is 5.91 Å². The number of amides is 1. The highest BCUT2D eigenvalue weighted by Crippen LogP contribution is 2.37. The number of H-pyrrole nitrogens is 1. The number of nitrogens with one attached hydrogen (secondary N) is 3. The molecule has 2 aromatic heterocycles. The summed E-state index contributed by atoms with van der Waals surface area (Å²) in [6.07, 6.45) is 7.94. The molecule has 2 atom stereocenters. The van der Waals surface area contributed by atoms with E-state index in [0.29, 0.717) is 25.0 Å². The van der Waals surface area contributed by atoms with Crippen LogP contribution in [-0.4, -0.2) is 46.2 Å². The van der Waals surface area contributed by atoms with Gasteiger partial charge in [0.1, 0.15) is 11.6 Å². The van der Waals surface area contributed by atoms with Gasteiger partial charge in [-0.15, -0.1) is 0 Å². The smallest absolute Gasteiger partial charge is 0.253 e. The second-order valence-corrected chi connectivity index (χ2v) is 7.12. The van der Waals surface area contributed by atoms with E-state index in [2.05, 4.69) is 25.6 Å². The van der Waals surface area contributed by atoms with Crippen LogP contribution in [0.3, 0.4) is 0 Å². The molecule has 0 spiro atoms. The summed E-state index contributed by atoms with van der Waals surface area (Å²) < 4.78 is 5.61. The van der Waals surface area contributed by atoms with Crippen molar-refractivity contribution in [3.63, 3.8) is 0 Å². The van der Waals surface area contributed by atoms with Gasteiger partial charge in [0.2, 0.25) is 0 Å². The molecule has 2 fully saturated rings. The fourth-order valence-corrected chi connectivity index (χ4v) is 3.64. The van der Waals surface area contributed by atoms with Crippen molar-refractivity contribution < 1.29 is 9.53 Å². The van der Waals surface area contributed by atoms with Crippen molar-refractivity contribution in [2.24, 2.45) is 0 Å². The normalized spacial score (nSPS) is 23.3. The molecule has 4 rings (SSSR count). The Morgan fingerprint density at radius 2 is 2.15 bits per heavy atom. The average molecular weight is 355 g/mol.